The van der Waals surface area contributed by atoms with E-state index in [4.69, 9.17) is 4.74 Å². The number of carbonyl (C=O) groups excluding carboxylic acids is 1. The molecule has 0 aliphatic carbocycles. The highest BCUT2D eigenvalue weighted by molar-refractivity contribution is 5.94. The van der Waals surface area contributed by atoms with Crippen molar-refractivity contribution in [2.24, 2.45) is 0 Å². The molecule has 3 N–H and O–H groups in total. The number of ether oxygens (including phenoxy) is 1. The van der Waals surface area contributed by atoms with Crippen LogP contribution in [0.1, 0.15) is 42.6 Å². The number of hydrogen-bond acceptors (Lipinski definition) is 6. The lowest BCUT2D eigenvalue weighted by molar-refractivity contribution is 0.0940. The standard InChI is InChI=1S/C19H26N4O4/c1-6-27-13-10-8-7-9-12(13)11-20-16(25)14-15(24)17(26)22-18(21-14)19(2,3)23(4)5/h7-10,24H,6,11H2,1-5H3,(H,20,25)(H,21,22,26). The van der Waals surface area contributed by atoms with Gasteiger partial charge >= 0.3 is 0 Å². The first-order chi connectivity index (χ1) is 12.7. The Hall–Kier alpha value is -2.87. The van der Waals surface area contributed by atoms with Crippen molar-refractivity contribution in [3.05, 3.63) is 51.7 Å². The molecule has 0 atom stereocenters. The SMILES string of the molecule is CCOc1ccccc1CNC(=O)c1nc(C(C)(C)N(C)C)[nH]c(=O)c1O. The summed E-state index contributed by atoms with van der Waals surface area (Å²) in [6, 6.07) is 7.32. The Morgan fingerprint density at radius 1 is 1.33 bits per heavy atom. The van der Waals surface area contributed by atoms with Crippen LogP contribution in [0.4, 0.5) is 0 Å². The third-order valence-electron chi connectivity index (χ3n) is 4.52. The number of nitrogens with one attached hydrogen (secondary N) is 2. The number of aromatic nitrogens is 2. The zero-order valence-corrected chi connectivity index (χ0v) is 16.3. The lowest BCUT2D eigenvalue weighted by Gasteiger charge is -2.31. The van der Waals surface area contributed by atoms with E-state index in [0.29, 0.717) is 12.4 Å². The van der Waals surface area contributed by atoms with Gasteiger partial charge in [-0.2, -0.15) is 0 Å². The maximum Gasteiger partial charge on any atom is 0.293 e. The minimum Gasteiger partial charge on any atom is -0.501 e. The van der Waals surface area contributed by atoms with Crippen molar-refractivity contribution in [3.63, 3.8) is 0 Å². The summed E-state index contributed by atoms with van der Waals surface area (Å²) in [6.45, 7) is 6.26. The summed E-state index contributed by atoms with van der Waals surface area (Å²) < 4.78 is 5.53. The van der Waals surface area contributed by atoms with E-state index >= 15 is 0 Å². The Kier molecular flexibility index (Phi) is 6.22. The van der Waals surface area contributed by atoms with Crippen molar-refractivity contribution in [3.8, 4) is 11.5 Å². The Bertz CT molecular complexity index is 874. The van der Waals surface area contributed by atoms with Crippen LogP contribution in [0, 0.1) is 0 Å². The van der Waals surface area contributed by atoms with Crippen LogP contribution in [0.5, 0.6) is 11.5 Å². The van der Waals surface area contributed by atoms with Crippen molar-refractivity contribution in [1.29, 1.82) is 0 Å². The van der Waals surface area contributed by atoms with E-state index in [1.807, 2.05) is 64.0 Å². The van der Waals surface area contributed by atoms with Gasteiger partial charge in [0.25, 0.3) is 11.5 Å². The second-order valence-electron chi connectivity index (χ2n) is 6.79. The molecule has 8 heteroatoms. The van der Waals surface area contributed by atoms with Gasteiger partial charge in [0.05, 0.1) is 12.1 Å². The molecule has 0 unspecified atom stereocenters. The molecule has 0 saturated heterocycles. The molecule has 0 aliphatic heterocycles. The van der Waals surface area contributed by atoms with Gasteiger partial charge in [0.15, 0.2) is 5.69 Å². The first-order valence-electron chi connectivity index (χ1n) is 8.68. The van der Waals surface area contributed by atoms with E-state index in [2.05, 4.69) is 15.3 Å². The third kappa shape index (κ3) is 4.46. The highest BCUT2D eigenvalue weighted by atomic mass is 16.5. The van der Waals surface area contributed by atoms with Crippen LogP contribution in [0.3, 0.4) is 0 Å². The molecule has 146 valence electrons. The largest absolute Gasteiger partial charge is 0.501 e. The molecule has 2 rings (SSSR count). The Morgan fingerprint density at radius 2 is 2.00 bits per heavy atom. The minimum absolute atomic E-state index is 0.176. The predicted molar refractivity (Wildman–Crippen MR) is 102 cm³/mol. The van der Waals surface area contributed by atoms with Crippen molar-refractivity contribution >= 4 is 5.91 Å². The molecule has 1 amide bonds. The van der Waals surface area contributed by atoms with E-state index in [1.54, 1.807) is 0 Å². The molecule has 0 spiro atoms. The van der Waals surface area contributed by atoms with Gasteiger partial charge in [0, 0.05) is 12.1 Å². The van der Waals surface area contributed by atoms with Crippen LogP contribution >= 0.6 is 0 Å². The molecule has 1 heterocycles. The van der Waals surface area contributed by atoms with Crippen LogP contribution in [0.15, 0.2) is 29.1 Å². The number of hydrogen-bond donors (Lipinski definition) is 3. The molecule has 1 aromatic heterocycles. The van der Waals surface area contributed by atoms with Crippen molar-refractivity contribution in [1.82, 2.24) is 20.2 Å². The predicted octanol–water partition coefficient (Wildman–Crippen LogP) is 1.60. The summed E-state index contributed by atoms with van der Waals surface area (Å²) in [6.07, 6.45) is 0. The van der Waals surface area contributed by atoms with Crippen molar-refractivity contribution in [2.75, 3.05) is 20.7 Å². The van der Waals surface area contributed by atoms with E-state index in [-0.39, 0.29) is 18.1 Å². The van der Waals surface area contributed by atoms with Crippen LogP contribution in [-0.2, 0) is 12.1 Å². The summed E-state index contributed by atoms with van der Waals surface area (Å²) >= 11 is 0. The van der Waals surface area contributed by atoms with Gasteiger partial charge in [-0.1, -0.05) is 18.2 Å². The van der Waals surface area contributed by atoms with Gasteiger partial charge in [-0.3, -0.25) is 14.5 Å². The number of benzene rings is 1. The number of H-pyrrole nitrogens is 1. The summed E-state index contributed by atoms with van der Waals surface area (Å²) in [5.74, 6) is -0.391. The molecule has 0 aliphatic rings. The van der Waals surface area contributed by atoms with Gasteiger partial charge in [0.2, 0.25) is 5.75 Å². The number of aromatic amines is 1. The second-order valence-corrected chi connectivity index (χ2v) is 6.79. The quantitative estimate of drug-likeness (QED) is 0.679. The fourth-order valence-electron chi connectivity index (χ4n) is 2.33. The number of rotatable bonds is 7. The molecule has 8 nitrogen and oxygen atoms in total. The third-order valence-corrected chi connectivity index (χ3v) is 4.52. The van der Waals surface area contributed by atoms with Crippen LogP contribution in [-0.4, -0.2) is 46.6 Å². The topological polar surface area (TPSA) is 108 Å². The van der Waals surface area contributed by atoms with Gasteiger partial charge in [0.1, 0.15) is 11.6 Å². The zero-order chi connectivity index (χ0) is 20.2. The lowest BCUT2D eigenvalue weighted by Crippen LogP contribution is -2.39. The maximum atomic E-state index is 12.6. The van der Waals surface area contributed by atoms with Crippen molar-refractivity contribution in [2.45, 2.75) is 32.9 Å². The molecule has 0 fully saturated rings. The summed E-state index contributed by atoms with van der Waals surface area (Å²) in [7, 11) is 3.66. The summed E-state index contributed by atoms with van der Waals surface area (Å²) in [5, 5.41) is 12.7. The average molecular weight is 374 g/mol. The first kappa shape index (κ1) is 20.4. The van der Waals surface area contributed by atoms with Gasteiger partial charge in [-0.15, -0.1) is 0 Å². The molecule has 27 heavy (non-hydrogen) atoms. The Balaban J connectivity index is 2.29. The van der Waals surface area contributed by atoms with Gasteiger partial charge < -0.3 is 20.1 Å². The zero-order valence-electron chi connectivity index (χ0n) is 16.3. The second kappa shape index (κ2) is 8.22. The van der Waals surface area contributed by atoms with E-state index in [0.717, 1.165) is 5.56 Å². The normalized spacial score (nSPS) is 11.5. The number of nitrogens with zero attached hydrogens (tertiary/aromatic N) is 2. The van der Waals surface area contributed by atoms with Crippen LogP contribution < -0.4 is 15.6 Å². The van der Waals surface area contributed by atoms with Crippen molar-refractivity contribution < 1.29 is 14.6 Å². The fraction of sp³-hybridized carbons (Fsp3) is 0.421. The molecular formula is C19H26N4O4. The number of carbonyl (C=O) groups is 1. The van der Waals surface area contributed by atoms with Gasteiger partial charge in [-0.25, -0.2) is 4.98 Å². The molecule has 0 bridgehead atoms. The smallest absolute Gasteiger partial charge is 0.293 e. The molecule has 0 radical (unpaired) electrons. The number of para-hydroxylation sites is 1. The lowest BCUT2D eigenvalue weighted by atomic mass is 10.0. The monoisotopic (exact) mass is 374 g/mol. The Morgan fingerprint density at radius 3 is 2.63 bits per heavy atom. The fourth-order valence-corrected chi connectivity index (χ4v) is 2.33. The molecule has 1 aromatic carbocycles. The van der Waals surface area contributed by atoms with E-state index < -0.39 is 22.8 Å². The molecule has 2 aromatic rings. The van der Waals surface area contributed by atoms with Gasteiger partial charge in [-0.05, 0) is 40.9 Å². The average Bonchev–Trinajstić information content (AvgIpc) is 2.62. The highest BCUT2D eigenvalue weighted by Gasteiger charge is 2.29. The summed E-state index contributed by atoms with van der Waals surface area (Å²) in [4.78, 5) is 33.2. The van der Waals surface area contributed by atoms with Crippen LogP contribution in [0.2, 0.25) is 0 Å². The minimum atomic E-state index is -0.755. The summed E-state index contributed by atoms with van der Waals surface area (Å²) in [5.41, 5.74) is -0.915. The molecule has 0 saturated carbocycles. The number of amides is 1. The van der Waals surface area contributed by atoms with E-state index in [1.165, 1.54) is 0 Å². The highest BCUT2D eigenvalue weighted by Crippen LogP contribution is 2.23. The van der Waals surface area contributed by atoms with Crippen LogP contribution in [0.25, 0.3) is 0 Å². The first-order valence-corrected chi connectivity index (χ1v) is 8.68. The van der Waals surface area contributed by atoms with E-state index in [9.17, 15) is 14.7 Å². The molecular weight excluding hydrogens is 348 g/mol. The Labute approximate surface area is 158 Å². The number of aromatic hydroxyl groups is 1. The maximum absolute atomic E-state index is 12.6.